The van der Waals surface area contributed by atoms with Gasteiger partial charge in [-0.05, 0) is 29.8 Å². The van der Waals surface area contributed by atoms with E-state index in [1.54, 1.807) is 60.7 Å². The molecule has 0 spiro atoms. The molecule has 1 amide bonds. The normalized spacial score (nSPS) is 18.6. The Labute approximate surface area is 166 Å². The van der Waals surface area contributed by atoms with Crippen molar-refractivity contribution in [2.24, 2.45) is 0 Å². The number of hydrogen-bond acceptors (Lipinski definition) is 4. The van der Waals surface area contributed by atoms with Crippen LogP contribution >= 0.6 is 11.6 Å². The Bertz CT molecular complexity index is 1040. The van der Waals surface area contributed by atoms with Crippen molar-refractivity contribution in [3.63, 3.8) is 0 Å². The average molecular weight is 394 g/mol. The topological polar surface area (TPSA) is 70.8 Å². The minimum absolute atomic E-state index is 0.0464. The van der Waals surface area contributed by atoms with Crippen molar-refractivity contribution in [1.82, 2.24) is 4.90 Å². The fourth-order valence-electron chi connectivity index (χ4n) is 3.36. The van der Waals surface area contributed by atoms with Crippen LogP contribution in [-0.2, 0) is 16.1 Å². The highest BCUT2D eigenvalue weighted by Gasteiger charge is 2.46. The summed E-state index contributed by atoms with van der Waals surface area (Å²) >= 11 is 6.00. The highest BCUT2D eigenvalue weighted by atomic mass is 35.5. The first-order valence-electron chi connectivity index (χ1n) is 8.68. The lowest BCUT2D eigenvalue weighted by Gasteiger charge is -2.24. The number of aliphatic hydroxyl groups is 1. The van der Waals surface area contributed by atoms with Gasteiger partial charge in [0.05, 0.1) is 24.4 Å². The van der Waals surface area contributed by atoms with Gasteiger partial charge in [-0.3, -0.25) is 9.59 Å². The third-order valence-corrected chi connectivity index (χ3v) is 4.93. The smallest absolute Gasteiger partial charge is 0.296 e. The second kappa shape index (κ2) is 7.37. The van der Waals surface area contributed by atoms with E-state index in [9.17, 15) is 14.7 Å². The minimum Gasteiger partial charge on any atom is -0.507 e. The maximum atomic E-state index is 12.8. The second-order valence-corrected chi connectivity index (χ2v) is 6.86. The molecule has 2 aromatic carbocycles. The summed E-state index contributed by atoms with van der Waals surface area (Å²) < 4.78 is 5.36. The number of carbonyl (C=O) groups is 2. The van der Waals surface area contributed by atoms with E-state index in [1.165, 1.54) is 11.2 Å². The van der Waals surface area contributed by atoms with Crippen LogP contribution < -0.4 is 0 Å². The molecule has 1 fully saturated rings. The van der Waals surface area contributed by atoms with Crippen molar-refractivity contribution in [2.75, 3.05) is 0 Å². The number of nitrogens with zero attached hydrogens (tertiary/aromatic N) is 1. The Morgan fingerprint density at radius 1 is 1.00 bits per heavy atom. The summed E-state index contributed by atoms with van der Waals surface area (Å²) in [5.74, 6) is -1.08. The molecule has 3 aromatic rings. The summed E-state index contributed by atoms with van der Waals surface area (Å²) in [7, 11) is 0. The molecule has 1 N–H and O–H groups in total. The number of rotatable bonds is 4. The molecule has 1 aromatic heterocycles. The molecule has 0 radical (unpaired) electrons. The first-order chi connectivity index (χ1) is 13.6. The van der Waals surface area contributed by atoms with Crippen LogP contribution in [0.2, 0.25) is 5.02 Å². The Balaban J connectivity index is 1.86. The summed E-state index contributed by atoms with van der Waals surface area (Å²) in [5, 5.41) is 11.4. The van der Waals surface area contributed by atoms with E-state index in [0.717, 1.165) is 0 Å². The van der Waals surface area contributed by atoms with E-state index in [-0.39, 0.29) is 17.9 Å². The molecular weight excluding hydrogens is 378 g/mol. The highest BCUT2D eigenvalue weighted by Crippen LogP contribution is 2.40. The Morgan fingerprint density at radius 2 is 1.71 bits per heavy atom. The van der Waals surface area contributed by atoms with E-state index in [4.69, 9.17) is 16.0 Å². The molecule has 4 rings (SSSR count). The zero-order valence-corrected chi connectivity index (χ0v) is 15.5. The molecule has 1 aliphatic rings. The van der Waals surface area contributed by atoms with Crippen LogP contribution in [-0.4, -0.2) is 21.7 Å². The van der Waals surface area contributed by atoms with Crippen molar-refractivity contribution in [1.29, 1.82) is 0 Å². The largest absolute Gasteiger partial charge is 0.507 e. The van der Waals surface area contributed by atoms with Crippen molar-refractivity contribution < 1.29 is 19.1 Å². The maximum Gasteiger partial charge on any atom is 0.296 e. The number of Topliss-reactive ketones (excluding diaryl/α,β-unsaturated/α-hetero) is 1. The lowest BCUT2D eigenvalue weighted by molar-refractivity contribution is -0.140. The highest BCUT2D eigenvalue weighted by molar-refractivity contribution is 6.46. The van der Waals surface area contributed by atoms with Crippen LogP contribution in [0.25, 0.3) is 5.76 Å². The van der Waals surface area contributed by atoms with Gasteiger partial charge in [-0.15, -0.1) is 0 Å². The van der Waals surface area contributed by atoms with E-state index >= 15 is 0 Å². The van der Waals surface area contributed by atoms with Crippen molar-refractivity contribution in [3.05, 3.63) is 100 Å². The van der Waals surface area contributed by atoms with Crippen molar-refractivity contribution in [3.8, 4) is 0 Å². The second-order valence-electron chi connectivity index (χ2n) is 6.42. The summed E-state index contributed by atoms with van der Waals surface area (Å²) in [6.07, 6.45) is 1.51. The lowest BCUT2D eigenvalue weighted by atomic mass is 9.95. The molecule has 1 saturated heterocycles. The van der Waals surface area contributed by atoms with Gasteiger partial charge in [0.25, 0.3) is 11.7 Å². The number of amides is 1. The van der Waals surface area contributed by atoms with Crippen LogP contribution in [0.3, 0.4) is 0 Å². The van der Waals surface area contributed by atoms with Gasteiger partial charge in [0.15, 0.2) is 0 Å². The zero-order valence-electron chi connectivity index (χ0n) is 14.7. The van der Waals surface area contributed by atoms with Gasteiger partial charge in [0.2, 0.25) is 0 Å². The zero-order chi connectivity index (χ0) is 19.7. The predicted octanol–water partition coefficient (Wildman–Crippen LogP) is 4.55. The minimum atomic E-state index is -0.748. The molecular formula is C22H16ClNO4. The van der Waals surface area contributed by atoms with Gasteiger partial charge >= 0.3 is 0 Å². The first kappa shape index (κ1) is 18.1. The van der Waals surface area contributed by atoms with Crippen LogP contribution in [0.5, 0.6) is 0 Å². The molecule has 1 unspecified atom stereocenters. The van der Waals surface area contributed by atoms with Crippen LogP contribution in [0.4, 0.5) is 0 Å². The maximum absolute atomic E-state index is 12.8. The van der Waals surface area contributed by atoms with Gasteiger partial charge in [0.1, 0.15) is 11.5 Å². The molecule has 0 bridgehead atoms. The fourth-order valence-corrected chi connectivity index (χ4v) is 3.48. The monoisotopic (exact) mass is 393 g/mol. The number of benzene rings is 2. The molecule has 1 atom stereocenters. The number of halogens is 1. The van der Waals surface area contributed by atoms with Gasteiger partial charge in [0, 0.05) is 10.6 Å². The van der Waals surface area contributed by atoms with Crippen LogP contribution in [0, 0.1) is 0 Å². The molecule has 5 nitrogen and oxygen atoms in total. The Morgan fingerprint density at radius 3 is 2.36 bits per heavy atom. The summed E-state index contributed by atoms with van der Waals surface area (Å²) in [6.45, 7) is 0.108. The molecule has 0 aliphatic carbocycles. The van der Waals surface area contributed by atoms with Gasteiger partial charge < -0.3 is 14.4 Å². The Hall–Kier alpha value is -3.31. The first-order valence-corrected chi connectivity index (χ1v) is 9.05. The van der Waals surface area contributed by atoms with Crippen LogP contribution in [0.1, 0.15) is 22.9 Å². The number of carbonyl (C=O) groups excluding carboxylic acids is 2. The van der Waals surface area contributed by atoms with E-state index in [1.807, 2.05) is 6.07 Å². The molecule has 28 heavy (non-hydrogen) atoms. The van der Waals surface area contributed by atoms with E-state index in [2.05, 4.69) is 0 Å². The van der Waals surface area contributed by atoms with Gasteiger partial charge in [-0.2, -0.15) is 0 Å². The van der Waals surface area contributed by atoms with Crippen molar-refractivity contribution in [2.45, 2.75) is 12.6 Å². The van der Waals surface area contributed by atoms with E-state index in [0.29, 0.717) is 21.9 Å². The number of ketones is 1. The molecule has 140 valence electrons. The molecule has 6 heteroatoms. The fraction of sp³-hybridized carbons (Fsp3) is 0.0909. The number of likely N-dealkylation sites (tertiary alicyclic amines) is 1. The third-order valence-electron chi connectivity index (χ3n) is 4.68. The summed E-state index contributed by atoms with van der Waals surface area (Å²) in [4.78, 5) is 27.0. The quantitative estimate of drug-likeness (QED) is 0.401. The summed E-state index contributed by atoms with van der Waals surface area (Å²) in [6, 6.07) is 18.3. The number of hydrogen-bond donors (Lipinski definition) is 1. The standard InChI is InChI=1S/C22H16ClNO4/c23-16-10-8-14(9-11-16)19-18(20(25)15-5-2-1-3-6-15)21(26)22(27)24(19)13-17-7-4-12-28-17/h1-12,19,25H,13H2/b20-18+. The molecule has 2 heterocycles. The summed E-state index contributed by atoms with van der Waals surface area (Å²) in [5.41, 5.74) is 1.19. The van der Waals surface area contributed by atoms with E-state index < -0.39 is 17.7 Å². The SMILES string of the molecule is O=C1C(=O)N(Cc2ccco2)C(c2ccc(Cl)cc2)/C1=C(\O)c1ccccc1. The van der Waals surface area contributed by atoms with Crippen molar-refractivity contribution >= 4 is 29.1 Å². The molecule has 1 aliphatic heterocycles. The number of aliphatic hydroxyl groups excluding tert-OH is 1. The average Bonchev–Trinajstić information content (AvgIpc) is 3.31. The van der Waals surface area contributed by atoms with Gasteiger partial charge in [-0.1, -0.05) is 54.1 Å². The lowest BCUT2D eigenvalue weighted by Crippen LogP contribution is -2.29. The predicted molar refractivity (Wildman–Crippen MR) is 104 cm³/mol. The number of furan rings is 1. The van der Waals surface area contributed by atoms with Crippen LogP contribution in [0.15, 0.2) is 83.0 Å². The van der Waals surface area contributed by atoms with Gasteiger partial charge in [-0.25, -0.2) is 0 Å². The Kier molecular flexibility index (Phi) is 4.75. The third kappa shape index (κ3) is 3.21. The molecule has 0 saturated carbocycles.